The first-order valence-electron chi connectivity index (χ1n) is 6.26. The Morgan fingerprint density at radius 3 is 2.65 bits per heavy atom. The van der Waals surface area contributed by atoms with E-state index in [0.29, 0.717) is 0 Å². The van der Waals surface area contributed by atoms with Crippen LogP contribution in [0.4, 0.5) is 18.9 Å². The van der Waals surface area contributed by atoms with Crippen LogP contribution in [0.2, 0.25) is 0 Å². The fourth-order valence-corrected chi connectivity index (χ4v) is 3.71. The van der Waals surface area contributed by atoms with E-state index in [1.807, 2.05) is 6.92 Å². The molecule has 20 heavy (non-hydrogen) atoms. The summed E-state index contributed by atoms with van der Waals surface area (Å²) in [6, 6.07) is 3.42. The van der Waals surface area contributed by atoms with E-state index in [0.717, 1.165) is 30.8 Å². The second-order valence-electron chi connectivity index (χ2n) is 5.23. The third kappa shape index (κ3) is 2.53. The number of rotatable bonds is 0. The maximum Gasteiger partial charge on any atom is 0.417 e. The number of anilines is 1. The lowest BCUT2D eigenvalue weighted by Crippen LogP contribution is -2.54. The topological polar surface area (TPSA) is 15.3 Å². The van der Waals surface area contributed by atoms with Gasteiger partial charge in [-0.1, -0.05) is 15.9 Å². The van der Waals surface area contributed by atoms with Gasteiger partial charge in [-0.3, -0.25) is 0 Å². The maximum absolute atomic E-state index is 13.0. The largest absolute Gasteiger partial charge is 0.417 e. The van der Waals surface area contributed by atoms with Crippen molar-refractivity contribution in [1.82, 2.24) is 5.32 Å². The molecule has 1 aromatic rings. The van der Waals surface area contributed by atoms with Crippen molar-refractivity contribution < 1.29 is 13.2 Å². The molecule has 0 spiro atoms. The number of piperazine rings is 1. The van der Waals surface area contributed by atoms with Crippen LogP contribution in [0.3, 0.4) is 0 Å². The van der Waals surface area contributed by atoms with Crippen LogP contribution >= 0.6 is 28.3 Å². The first-order valence-corrected chi connectivity index (χ1v) is 7.06. The van der Waals surface area contributed by atoms with Crippen molar-refractivity contribution in [2.75, 3.05) is 18.0 Å². The van der Waals surface area contributed by atoms with Gasteiger partial charge in [-0.2, -0.15) is 13.2 Å². The van der Waals surface area contributed by atoms with Crippen molar-refractivity contribution in [1.29, 1.82) is 0 Å². The molecule has 2 aliphatic heterocycles. The van der Waals surface area contributed by atoms with Crippen molar-refractivity contribution in [2.24, 2.45) is 0 Å². The van der Waals surface area contributed by atoms with Crippen LogP contribution in [0.15, 0.2) is 16.6 Å². The Morgan fingerprint density at radius 1 is 1.30 bits per heavy atom. The van der Waals surface area contributed by atoms with Crippen molar-refractivity contribution in [3.8, 4) is 0 Å². The van der Waals surface area contributed by atoms with Crippen molar-refractivity contribution in [3.05, 3.63) is 27.7 Å². The predicted octanol–water partition coefficient (Wildman–Crippen LogP) is 3.61. The Morgan fingerprint density at radius 2 is 2.00 bits per heavy atom. The number of hydrogen-bond donors (Lipinski definition) is 1. The zero-order valence-electron chi connectivity index (χ0n) is 10.8. The molecule has 0 saturated carbocycles. The molecule has 2 atom stereocenters. The molecule has 0 bridgehead atoms. The monoisotopic (exact) mass is 370 g/mol. The molecule has 2 aliphatic rings. The molecule has 1 fully saturated rings. The van der Waals surface area contributed by atoms with Gasteiger partial charge >= 0.3 is 6.18 Å². The molecule has 2 heterocycles. The summed E-state index contributed by atoms with van der Waals surface area (Å²) in [4.78, 5) is 2.13. The van der Waals surface area contributed by atoms with E-state index >= 15 is 0 Å². The number of nitrogens with zero attached hydrogens (tertiary/aromatic N) is 1. The standard InChI is InChI=1S/C13H14BrF3N2.ClH/c1-7-5-18-6-9-2-8-3-11(14)10(13(15,16)17)4-12(8)19(7)9;/h3-4,7,9,18H,2,5-6H2,1H3;1H/t7-,9+;/m1./s1. The lowest BCUT2D eigenvalue weighted by atomic mass is 10.1. The van der Waals surface area contributed by atoms with Crippen LogP contribution in [0.1, 0.15) is 18.1 Å². The van der Waals surface area contributed by atoms with Crippen LogP contribution in [-0.2, 0) is 12.6 Å². The van der Waals surface area contributed by atoms with Gasteiger partial charge in [-0.05, 0) is 31.0 Å². The molecule has 112 valence electrons. The summed E-state index contributed by atoms with van der Waals surface area (Å²) >= 11 is 3.05. The van der Waals surface area contributed by atoms with Crippen molar-refractivity contribution >= 4 is 34.0 Å². The molecule has 0 unspecified atom stereocenters. The highest BCUT2D eigenvalue weighted by Gasteiger charge is 2.39. The third-order valence-corrected chi connectivity index (χ3v) is 4.55. The molecule has 0 aromatic heterocycles. The Bertz CT molecular complexity index is 521. The normalized spacial score (nSPS) is 24.9. The average molecular weight is 372 g/mol. The minimum Gasteiger partial charge on any atom is -0.363 e. The van der Waals surface area contributed by atoms with E-state index in [9.17, 15) is 13.2 Å². The highest BCUT2D eigenvalue weighted by molar-refractivity contribution is 9.10. The van der Waals surface area contributed by atoms with Gasteiger partial charge in [0.2, 0.25) is 0 Å². The van der Waals surface area contributed by atoms with Crippen molar-refractivity contribution in [3.63, 3.8) is 0 Å². The second kappa shape index (κ2) is 5.39. The van der Waals surface area contributed by atoms with E-state index in [1.165, 1.54) is 6.07 Å². The maximum atomic E-state index is 13.0. The summed E-state index contributed by atoms with van der Waals surface area (Å²) in [5.74, 6) is 0. The number of fused-ring (bicyclic) bond motifs is 3. The number of halogens is 5. The Hall–Kier alpha value is -0.460. The lowest BCUT2D eigenvalue weighted by molar-refractivity contribution is -0.138. The van der Waals surface area contributed by atoms with Crippen LogP contribution in [-0.4, -0.2) is 25.2 Å². The van der Waals surface area contributed by atoms with E-state index < -0.39 is 11.7 Å². The Labute approximate surface area is 130 Å². The molecule has 1 N–H and O–H groups in total. The Balaban J connectivity index is 0.00000147. The van der Waals surface area contributed by atoms with Gasteiger partial charge in [0.1, 0.15) is 0 Å². The van der Waals surface area contributed by atoms with Crippen molar-refractivity contribution in [2.45, 2.75) is 31.6 Å². The molecule has 1 aromatic carbocycles. The fourth-order valence-electron chi connectivity index (χ4n) is 3.10. The first kappa shape index (κ1) is 15.9. The predicted molar refractivity (Wildman–Crippen MR) is 78.7 cm³/mol. The SMILES string of the molecule is C[C@@H]1CNC[C@@H]2Cc3cc(Br)c(C(F)(F)F)cc3N21.Cl. The summed E-state index contributed by atoms with van der Waals surface area (Å²) in [7, 11) is 0. The van der Waals surface area contributed by atoms with E-state index in [-0.39, 0.29) is 29.0 Å². The summed E-state index contributed by atoms with van der Waals surface area (Å²) in [5, 5.41) is 3.32. The first-order chi connectivity index (χ1) is 8.88. The van der Waals surface area contributed by atoms with Crippen LogP contribution in [0.25, 0.3) is 0 Å². The highest BCUT2D eigenvalue weighted by Crippen LogP contribution is 2.43. The smallest absolute Gasteiger partial charge is 0.363 e. The minimum atomic E-state index is -4.32. The molecular formula is C13H15BrClF3N2. The second-order valence-corrected chi connectivity index (χ2v) is 6.09. The van der Waals surface area contributed by atoms with E-state index in [1.54, 1.807) is 6.07 Å². The van der Waals surface area contributed by atoms with Gasteiger partial charge in [0, 0.05) is 35.3 Å². The molecular weight excluding hydrogens is 357 g/mol. The molecule has 0 radical (unpaired) electrons. The number of nitrogens with one attached hydrogen (secondary N) is 1. The van der Waals surface area contributed by atoms with Gasteiger partial charge in [0.25, 0.3) is 0 Å². The summed E-state index contributed by atoms with van der Waals surface area (Å²) in [6.45, 7) is 3.69. The summed E-state index contributed by atoms with van der Waals surface area (Å²) in [6.07, 6.45) is -3.51. The lowest BCUT2D eigenvalue weighted by Gasteiger charge is -2.38. The van der Waals surface area contributed by atoms with Gasteiger partial charge in [0.15, 0.2) is 0 Å². The zero-order valence-corrected chi connectivity index (χ0v) is 13.2. The average Bonchev–Trinajstić information content (AvgIpc) is 2.64. The summed E-state index contributed by atoms with van der Waals surface area (Å²) < 4.78 is 39.1. The quantitative estimate of drug-likeness (QED) is 0.749. The molecule has 0 aliphatic carbocycles. The molecule has 1 saturated heterocycles. The molecule has 2 nitrogen and oxygen atoms in total. The number of alkyl halides is 3. The fraction of sp³-hybridized carbons (Fsp3) is 0.538. The minimum absolute atomic E-state index is 0. The van der Waals surface area contributed by atoms with E-state index in [2.05, 4.69) is 26.1 Å². The molecule has 3 rings (SSSR count). The van der Waals surface area contributed by atoms with Gasteiger partial charge < -0.3 is 10.2 Å². The highest BCUT2D eigenvalue weighted by atomic mass is 79.9. The van der Waals surface area contributed by atoms with Crippen LogP contribution < -0.4 is 10.2 Å². The zero-order chi connectivity index (χ0) is 13.8. The van der Waals surface area contributed by atoms with E-state index in [4.69, 9.17) is 0 Å². The number of hydrogen-bond acceptors (Lipinski definition) is 2. The third-order valence-electron chi connectivity index (χ3n) is 3.90. The van der Waals surface area contributed by atoms with Crippen LogP contribution in [0.5, 0.6) is 0 Å². The Kier molecular flexibility index (Phi) is 4.29. The van der Waals surface area contributed by atoms with Gasteiger partial charge in [-0.15, -0.1) is 12.4 Å². The molecule has 7 heteroatoms. The van der Waals surface area contributed by atoms with Crippen LogP contribution in [0, 0.1) is 0 Å². The molecule has 0 amide bonds. The number of benzene rings is 1. The summed E-state index contributed by atoms with van der Waals surface area (Å²) in [5.41, 5.74) is 1.16. The van der Waals surface area contributed by atoms with Gasteiger partial charge in [0.05, 0.1) is 5.56 Å². The van der Waals surface area contributed by atoms with Gasteiger partial charge in [-0.25, -0.2) is 0 Å².